The minimum atomic E-state index is -3.82. The predicted molar refractivity (Wildman–Crippen MR) is 135 cm³/mol. The molecule has 4 rings (SSSR count). The topological polar surface area (TPSA) is 126 Å². The number of hydrogen-bond acceptors (Lipinski definition) is 9. The van der Waals surface area contributed by atoms with E-state index in [1.54, 1.807) is 57.5 Å². The highest BCUT2D eigenvalue weighted by atomic mass is 79.9. The predicted octanol–water partition coefficient (Wildman–Crippen LogP) is 3.33. The van der Waals surface area contributed by atoms with Gasteiger partial charge in [0.15, 0.2) is 23.0 Å². The molecule has 0 fully saturated rings. The van der Waals surface area contributed by atoms with Crippen molar-refractivity contribution < 1.29 is 27.4 Å². The summed E-state index contributed by atoms with van der Waals surface area (Å²) < 4.78 is 52.1. The fourth-order valence-electron chi connectivity index (χ4n) is 3.38. The number of methoxy groups -OCH3 is 2. The third-order valence-electron chi connectivity index (χ3n) is 5.02. The van der Waals surface area contributed by atoms with Gasteiger partial charge in [0.2, 0.25) is 15.9 Å². The minimum absolute atomic E-state index is 0.0187. The molecular weight excluding hydrogens is 554 g/mol. The second-order valence-electron chi connectivity index (χ2n) is 7.31. The molecule has 0 aliphatic heterocycles. The van der Waals surface area contributed by atoms with Crippen molar-refractivity contribution in [2.24, 2.45) is 0 Å². The fraction of sp³-hybridized carbons (Fsp3) is 0.261. The molecule has 0 saturated heterocycles. The zero-order valence-corrected chi connectivity index (χ0v) is 22.2. The Labute approximate surface area is 216 Å². The van der Waals surface area contributed by atoms with E-state index in [0.717, 1.165) is 5.56 Å². The van der Waals surface area contributed by atoms with Gasteiger partial charge in [-0.1, -0.05) is 15.9 Å². The largest absolute Gasteiger partial charge is 0.493 e. The monoisotopic (exact) mass is 577 g/mol. The van der Waals surface area contributed by atoms with E-state index in [2.05, 4.69) is 35.9 Å². The van der Waals surface area contributed by atoms with Crippen LogP contribution in [0.25, 0.3) is 17.0 Å². The number of hydrogen-bond donors (Lipinski definition) is 1. The average molecular weight is 578 g/mol. The van der Waals surface area contributed by atoms with Crippen LogP contribution >= 0.6 is 15.9 Å². The highest BCUT2D eigenvalue weighted by Gasteiger charge is 2.20. The summed E-state index contributed by atoms with van der Waals surface area (Å²) in [6, 6.07) is 13.5. The number of sulfonamides is 1. The molecule has 0 aliphatic rings. The first-order valence-electron chi connectivity index (χ1n) is 10.9. The Balaban J connectivity index is 1.46. The second kappa shape index (κ2) is 11.1. The molecule has 0 amide bonds. The molecule has 2 heterocycles. The first-order valence-corrected chi connectivity index (χ1v) is 13.1. The van der Waals surface area contributed by atoms with Crippen molar-refractivity contribution in [3.63, 3.8) is 0 Å². The van der Waals surface area contributed by atoms with Crippen LogP contribution in [0, 0.1) is 0 Å². The van der Waals surface area contributed by atoms with Gasteiger partial charge in [-0.3, -0.25) is 0 Å². The summed E-state index contributed by atoms with van der Waals surface area (Å²) in [6.45, 7) is 2.19. The van der Waals surface area contributed by atoms with Gasteiger partial charge in [0.05, 0.1) is 20.8 Å². The lowest BCUT2D eigenvalue weighted by molar-refractivity contribution is 0.305. The second-order valence-corrected chi connectivity index (χ2v) is 9.96. The number of nitrogens with one attached hydrogen (secondary N) is 1. The zero-order valence-electron chi connectivity index (χ0n) is 19.8. The van der Waals surface area contributed by atoms with Gasteiger partial charge in [-0.15, -0.1) is 15.3 Å². The van der Waals surface area contributed by atoms with E-state index < -0.39 is 10.0 Å². The fourth-order valence-corrected chi connectivity index (χ4v) is 5.07. The Hall–Kier alpha value is -3.42. The number of ether oxygens (including phenoxy) is 4. The van der Waals surface area contributed by atoms with Crippen molar-refractivity contribution in [3.05, 3.63) is 53.0 Å². The van der Waals surface area contributed by atoms with E-state index in [4.69, 9.17) is 18.9 Å². The number of aromatic nitrogens is 4. The molecule has 0 saturated carbocycles. The third-order valence-corrected chi connectivity index (χ3v) is 6.99. The first kappa shape index (κ1) is 25.7. The third kappa shape index (κ3) is 5.53. The van der Waals surface area contributed by atoms with Gasteiger partial charge in [-0.25, -0.2) is 13.1 Å². The van der Waals surface area contributed by atoms with Crippen LogP contribution < -0.4 is 23.7 Å². The van der Waals surface area contributed by atoms with Crippen molar-refractivity contribution in [1.29, 1.82) is 0 Å². The summed E-state index contributed by atoms with van der Waals surface area (Å²) in [7, 11) is -0.710. The molecule has 0 spiro atoms. The minimum Gasteiger partial charge on any atom is -0.493 e. The maximum absolute atomic E-state index is 12.8. The van der Waals surface area contributed by atoms with Gasteiger partial charge in [0, 0.05) is 22.6 Å². The van der Waals surface area contributed by atoms with Crippen molar-refractivity contribution in [3.8, 4) is 34.5 Å². The van der Waals surface area contributed by atoms with Gasteiger partial charge < -0.3 is 18.9 Å². The van der Waals surface area contributed by atoms with Crippen LogP contribution in [-0.4, -0.2) is 62.2 Å². The summed E-state index contributed by atoms with van der Waals surface area (Å²) in [5.74, 6) is 2.17. The van der Waals surface area contributed by atoms with E-state index in [1.807, 2.05) is 6.07 Å². The van der Waals surface area contributed by atoms with Crippen LogP contribution in [0.1, 0.15) is 6.92 Å². The molecule has 0 radical (unpaired) electrons. The number of rotatable bonds is 11. The molecule has 0 atom stereocenters. The van der Waals surface area contributed by atoms with Crippen molar-refractivity contribution in [2.75, 3.05) is 34.0 Å². The van der Waals surface area contributed by atoms with Gasteiger partial charge in [-0.05, 0) is 49.4 Å². The van der Waals surface area contributed by atoms with E-state index in [-0.39, 0.29) is 29.7 Å². The molecule has 0 bridgehead atoms. The Morgan fingerprint density at radius 1 is 0.944 bits per heavy atom. The summed E-state index contributed by atoms with van der Waals surface area (Å²) in [5, 5.41) is 12.8. The van der Waals surface area contributed by atoms with Crippen LogP contribution in [0.3, 0.4) is 0 Å². The Morgan fingerprint density at radius 2 is 1.72 bits per heavy atom. The molecule has 13 heteroatoms. The number of nitrogens with zero attached hydrogens (tertiary/aromatic N) is 4. The lowest BCUT2D eigenvalue weighted by Gasteiger charge is -2.12. The molecule has 11 nitrogen and oxygen atoms in total. The summed E-state index contributed by atoms with van der Waals surface area (Å²) in [6.07, 6.45) is 0. The summed E-state index contributed by atoms with van der Waals surface area (Å²) in [5.41, 5.74) is 1.24. The maximum atomic E-state index is 12.8. The van der Waals surface area contributed by atoms with Crippen molar-refractivity contribution in [1.82, 2.24) is 24.5 Å². The number of halogens is 1. The maximum Gasteiger partial charge on any atom is 0.244 e. The average Bonchev–Trinajstić information content (AvgIpc) is 3.30. The SMILES string of the molecule is CCOc1ccc(Br)cc1S(=O)(=O)NCCOc1ccc2nnc(-c3ccc(OC)c(OC)c3)n2n1. The van der Waals surface area contributed by atoms with Crippen LogP contribution in [0.15, 0.2) is 57.9 Å². The quantitative estimate of drug-likeness (QED) is 0.267. The summed E-state index contributed by atoms with van der Waals surface area (Å²) >= 11 is 3.30. The highest BCUT2D eigenvalue weighted by Crippen LogP contribution is 2.32. The molecule has 2 aromatic heterocycles. The van der Waals surface area contributed by atoms with Gasteiger partial charge >= 0.3 is 0 Å². The van der Waals surface area contributed by atoms with E-state index in [0.29, 0.717) is 34.1 Å². The molecule has 0 unspecified atom stereocenters. The molecule has 36 heavy (non-hydrogen) atoms. The lowest BCUT2D eigenvalue weighted by atomic mass is 10.2. The smallest absolute Gasteiger partial charge is 0.244 e. The normalized spacial score (nSPS) is 11.4. The molecule has 1 N–H and O–H groups in total. The molecule has 190 valence electrons. The zero-order chi connectivity index (χ0) is 25.7. The van der Waals surface area contributed by atoms with Gasteiger partial charge in [0.1, 0.15) is 17.3 Å². The van der Waals surface area contributed by atoms with E-state index in [9.17, 15) is 8.42 Å². The van der Waals surface area contributed by atoms with Crippen LogP contribution in [-0.2, 0) is 10.0 Å². The van der Waals surface area contributed by atoms with Gasteiger partial charge in [-0.2, -0.15) is 4.52 Å². The van der Waals surface area contributed by atoms with Crippen molar-refractivity contribution in [2.45, 2.75) is 11.8 Å². The molecule has 4 aromatic rings. The molecule has 0 aliphatic carbocycles. The van der Waals surface area contributed by atoms with E-state index in [1.165, 1.54) is 10.6 Å². The van der Waals surface area contributed by atoms with Crippen LogP contribution in [0.4, 0.5) is 0 Å². The van der Waals surface area contributed by atoms with Crippen molar-refractivity contribution >= 4 is 31.6 Å². The highest BCUT2D eigenvalue weighted by molar-refractivity contribution is 9.10. The molecule has 2 aromatic carbocycles. The lowest BCUT2D eigenvalue weighted by Crippen LogP contribution is -2.28. The molecular formula is C23H24BrN5O6S. The number of fused-ring (bicyclic) bond motifs is 1. The van der Waals surface area contributed by atoms with Crippen LogP contribution in [0.2, 0.25) is 0 Å². The van der Waals surface area contributed by atoms with Crippen LogP contribution in [0.5, 0.6) is 23.1 Å². The Morgan fingerprint density at radius 3 is 2.47 bits per heavy atom. The van der Waals surface area contributed by atoms with Gasteiger partial charge in [0.25, 0.3) is 0 Å². The van der Waals surface area contributed by atoms with E-state index >= 15 is 0 Å². The Kier molecular flexibility index (Phi) is 7.91. The summed E-state index contributed by atoms with van der Waals surface area (Å²) in [4.78, 5) is 0.0438. The standard InChI is InChI=1S/C23H24BrN5O6S/c1-4-34-18-8-6-16(24)14-20(18)36(30,31)25-11-12-35-22-10-9-21-26-27-23(29(21)28-22)15-5-7-17(32-2)19(13-15)33-3/h5-10,13-14,25H,4,11-12H2,1-3H3. The first-order chi connectivity index (χ1) is 17.4. The number of benzene rings is 2. The Bertz CT molecular complexity index is 1480.